The van der Waals surface area contributed by atoms with Crippen molar-refractivity contribution in [3.8, 4) is 5.75 Å². The van der Waals surface area contributed by atoms with Crippen LogP contribution >= 0.6 is 0 Å². The van der Waals surface area contributed by atoms with Crippen LogP contribution in [0.5, 0.6) is 5.75 Å². The second-order valence-electron chi connectivity index (χ2n) is 4.49. The van der Waals surface area contributed by atoms with Crippen LogP contribution in [0.15, 0.2) is 24.3 Å². The predicted octanol–water partition coefficient (Wildman–Crippen LogP) is 2.55. The lowest BCUT2D eigenvalue weighted by Gasteiger charge is -2.14. The summed E-state index contributed by atoms with van der Waals surface area (Å²) in [5, 5.41) is 2.53. The van der Waals surface area contributed by atoms with E-state index in [2.05, 4.69) is 10.1 Å². The van der Waals surface area contributed by atoms with Crippen molar-refractivity contribution < 1.29 is 22.7 Å². The minimum Gasteiger partial charge on any atom is -0.482 e. The Morgan fingerprint density at radius 3 is 2.65 bits per heavy atom. The third-order valence-electron chi connectivity index (χ3n) is 2.49. The van der Waals surface area contributed by atoms with Crippen LogP contribution in [0.25, 0.3) is 0 Å². The molecule has 1 rings (SSSR count). The Labute approximate surface area is 115 Å². The molecule has 0 aliphatic carbocycles. The van der Waals surface area contributed by atoms with Crippen LogP contribution in [-0.4, -0.2) is 25.2 Å². The molecule has 20 heavy (non-hydrogen) atoms. The van der Waals surface area contributed by atoms with Gasteiger partial charge in [0, 0.05) is 6.42 Å². The molecule has 1 unspecified atom stereocenters. The van der Waals surface area contributed by atoms with Gasteiger partial charge in [-0.1, -0.05) is 19.1 Å². The van der Waals surface area contributed by atoms with Crippen molar-refractivity contribution >= 4 is 11.6 Å². The molecule has 0 radical (unpaired) electrons. The zero-order chi connectivity index (χ0) is 15.2. The summed E-state index contributed by atoms with van der Waals surface area (Å²) in [7, 11) is 0. The minimum absolute atomic E-state index is 0.00162. The molecule has 0 aromatic heterocycles. The molecule has 1 aromatic carbocycles. The fourth-order valence-electron chi connectivity index (χ4n) is 1.46. The smallest absolute Gasteiger partial charge is 0.422 e. The number of carbonyl (C=O) groups excluding carboxylic acids is 1. The Hall–Kier alpha value is -1.76. The van der Waals surface area contributed by atoms with Crippen LogP contribution in [0.1, 0.15) is 13.3 Å². The van der Waals surface area contributed by atoms with Crippen molar-refractivity contribution in [3.63, 3.8) is 0 Å². The van der Waals surface area contributed by atoms with Crippen molar-refractivity contribution in [1.82, 2.24) is 0 Å². The van der Waals surface area contributed by atoms with Gasteiger partial charge in [-0.3, -0.25) is 4.79 Å². The normalized spacial score (nSPS) is 12.8. The summed E-state index contributed by atoms with van der Waals surface area (Å²) in [6.07, 6.45) is -4.23. The minimum atomic E-state index is -4.43. The van der Waals surface area contributed by atoms with Crippen LogP contribution in [0.2, 0.25) is 0 Å². The standard InChI is InChI=1S/C13H17F3N2O2/c1-9(7-17)6-12(19)18-10-4-2-3-5-11(10)20-8-13(14,15)16/h2-5,9H,6-8,17H2,1H3,(H,18,19). The number of benzene rings is 1. The molecule has 4 nitrogen and oxygen atoms in total. The first kappa shape index (κ1) is 16.3. The summed E-state index contributed by atoms with van der Waals surface area (Å²) in [4.78, 5) is 11.7. The highest BCUT2D eigenvalue weighted by Gasteiger charge is 2.28. The predicted molar refractivity (Wildman–Crippen MR) is 69.5 cm³/mol. The summed E-state index contributed by atoms with van der Waals surface area (Å²) in [5.74, 6) is -0.331. The molecule has 7 heteroatoms. The first-order valence-corrected chi connectivity index (χ1v) is 6.10. The van der Waals surface area contributed by atoms with Gasteiger partial charge in [0.05, 0.1) is 5.69 Å². The van der Waals surface area contributed by atoms with Crippen molar-refractivity contribution in [2.75, 3.05) is 18.5 Å². The summed E-state index contributed by atoms with van der Waals surface area (Å²) in [6.45, 7) is 0.768. The maximum atomic E-state index is 12.1. The van der Waals surface area contributed by atoms with Crippen molar-refractivity contribution in [3.05, 3.63) is 24.3 Å². The molecule has 0 bridgehead atoms. The maximum Gasteiger partial charge on any atom is 0.422 e. The number of hydrogen-bond donors (Lipinski definition) is 2. The number of nitrogens with two attached hydrogens (primary N) is 1. The molecule has 0 heterocycles. The number of amides is 1. The Kier molecular flexibility index (Phi) is 5.82. The first-order valence-electron chi connectivity index (χ1n) is 6.10. The molecule has 1 aromatic rings. The van der Waals surface area contributed by atoms with Crippen molar-refractivity contribution in [1.29, 1.82) is 0 Å². The number of nitrogens with one attached hydrogen (secondary N) is 1. The van der Waals surface area contributed by atoms with Crippen molar-refractivity contribution in [2.45, 2.75) is 19.5 Å². The van der Waals surface area contributed by atoms with Gasteiger partial charge in [-0.05, 0) is 24.6 Å². The van der Waals surface area contributed by atoms with E-state index in [0.717, 1.165) is 0 Å². The van der Waals surface area contributed by atoms with Gasteiger partial charge >= 0.3 is 6.18 Å². The SMILES string of the molecule is CC(CN)CC(=O)Nc1ccccc1OCC(F)(F)F. The molecule has 3 N–H and O–H groups in total. The van der Waals surface area contributed by atoms with E-state index in [1.54, 1.807) is 6.07 Å². The third-order valence-corrected chi connectivity index (χ3v) is 2.49. The van der Waals surface area contributed by atoms with Gasteiger partial charge in [0.2, 0.25) is 5.91 Å². The summed E-state index contributed by atoms with van der Waals surface area (Å²) >= 11 is 0. The highest BCUT2D eigenvalue weighted by molar-refractivity contribution is 5.92. The van der Waals surface area contributed by atoms with Crippen LogP contribution in [0.4, 0.5) is 18.9 Å². The van der Waals surface area contributed by atoms with Gasteiger partial charge in [-0.2, -0.15) is 13.2 Å². The highest BCUT2D eigenvalue weighted by Crippen LogP contribution is 2.26. The largest absolute Gasteiger partial charge is 0.482 e. The molecule has 0 saturated carbocycles. The van der Waals surface area contributed by atoms with E-state index in [1.165, 1.54) is 18.2 Å². The number of ether oxygens (including phenoxy) is 1. The Morgan fingerprint density at radius 1 is 1.40 bits per heavy atom. The number of carbonyl (C=O) groups is 1. The van der Waals surface area contributed by atoms with Crippen molar-refractivity contribution in [2.24, 2.45) is 11.7 Å². The molecule has 112 valence electrons. The average Bonchev–Trinajstić information content (AvgIpc) is 2.36. The topological polar surface area (TPSA) is 64.4 Å². The molecular weight excluding hydrogens is 273 g/mol. The van der Waals surface area contributed by atoms with Gasteiger partial charge in [-0.15, -0.1) is 0 Å². The average molecular weight is 290 g/mol. The number of anilines is 1. The highest BCUT2D eigenvalue weighted by atomic mass is 19.4. The third kappa shape index (κ3) is 5.92. The zero-order valence-electron chi connectivity index (χ0n) is 11.0. The molecule has 0 aliphatic heterocycles. The van der Waals surface area contributed by atoms with E-state index in [4.69, 9.17) is 5.73 Å². The fraction of sp³-hybridized carbons (Fsp3) is 0.462. The number of hydrogen-bond acceptors (Lipinski definition) is 3. The second-order valence-corrected chi connectivity index (χ2v) is 4.49. The van der Waals surface area contributed by atoms with Gasteiger partial charge < -0.3 is 15.8 Å². The number of alkyl halides is 3. The molecular formula is C13H17F3N2O2. The van der Waals surface area contributed by atoms with Crippen LogP contribution in [-0.2, 0) is 4.79 Å². The fourth-order valence-corrected chi connectivity index (χ4v) is 1.46. The quantitative estimate of drug-likeness (QED) is 0.846. The van der Waals surface area contributed by atoms with E-state index in [-0.39, 0.29) is 29.7 Å². The van der Waals surface area contributed by atoms with Gasteiger partial charge in [0.15, 0.2) is 6.61 Å². The molecule has 0 aliphatic rings. The van der Waals surface area contributed by atoms with E-state index in [9.17, 15) is 18.0 Å². The lowest BCUT2D eigenvalue weighted by molar-refractivity contribution is -0.153. The maximum absolute atomic E-state index is 12.1. The van der Waals surface area contributed by atoms with E-state index in [1.807, 2.05) is 6.92 Å². The molecule has 0 fully saturated rings. The zero-order valence-corrected chi connectivity index (χ0v) is 11.0. The molecule has 0 saturated heterocycles. The Bertz CT molecular complexity index is 449. The Morgan fingerprint density at radius 2 is 2.05 bits per heavy atom. The van der Waals surface area contributed by atoms with Crippen LogP contribution in [0, 0.1) is 5.92 Å². The summed E-state index contributed by atoms with van der Waals surface area (Å²) in [5.41, 5.74) is 5.62. The monoisotopic (exact) mass is 290 g/mol. The van der Waals surface area contributed by atoms with E-state index < -0.39 is 12.8 Å². The van der Waals surface area contributed by atoms with Gasteiger partial charge in [0.1, 0.15) is 5.75 Å². The van der Waals surface area contributed by atoms with Crippen LogP contribution in [0.3, 0.4) is 0 Å². The molecule has 1 atom stereocenters. The number of rotatable bonds is 6. The lowest BCUT2D eigenvalue weighted by atomic mass is 10.1. The van der Waals surface area contributed by atoms with E-state index >= 15 is 0 Å². The number of halogens is 3. The molecule has 1 amide bonds. The first-order chi connectivity index (χ1) is 9.31. The van der Waals surface area contributed by atoms with Gasteiger partial charge in [0.25, 0.3) is 0 Å². The van der Waals surface area contributed by atoms with E-state index in [0.29, 0.717) is 6.54 Å². The summed E-state index contributed by atoms with van der Waals surface area (Å²) < 4.78 is 41.1. The summed E-state index contributed by atoms with van der Waals surface area (Å²) in [6, 6.07) is 5.98. The Balaban J connectivity index is 2.68. The second kappa shape index (κ2) is 7.14. The molecule has 0 spiro atoms. The lowest BCUT2D eigenvalue weighted by Crippen LogP contribution is -2.22. The van der Waals surface area contributed by atoms with Crippen LogP contribution < -0.4 is 15.8 Å². The number of para-hydroxylation sites is 2. The van der Waals surface area contributed by atoms with Gasteiger partial charge in [-0.25, -0.2) is 0 Å².